The predicted molar refractivity (Wildman–Crippen MR) is 81.5 cm³/mol. The van der Waals surface area contributed by atoms with Crippen LogP contribution in [0.25, 0.3) is 0 Å². The van der Waals surface area contributed by atoms with Crippen molar-refractivity contribution in [3.05, 3.63) is 0 Å². The summed E-state index contributed by atoms with van der Waals surface area (Å²) < 4.78 is 17.6. The number of carbonyl (C=O) groups is 1. The summed E-state index contributed by atoms with van der Waals surface area (Å²) in [6, 6.07) is 0. The Morgan fingerprint density at radius 3 is 1.76 bits per heavy atom. The Bertz CT molecular complexity index is 243. The summed E-state index contributed by atoms with van der Waals surface area (Å²) in [4.78, 5) is 10.1. The zero-order valence-electron chi connectivity index (χ0n) is 13.6. The van der Waals surface area contributed by atoms with Crippen molar-refractivity contribution in [1.82, 2.24) is 0 Å². The molecule has 0 amide bonds. The van der Waals surface area contributed by atoms with Gasteiger partial charge in [-0.2, -0.15) is 0 Å². The van der Waals surface area contributed by atoms with Crippen LogP contribution < -0.4 is 40.4 Å². The van der Waals surface area contributed by atoms with E-state index in [0.29, 0.717) is 0 Å². The Labute approximate surface area is 154 Å². The first-order valence-corrected chi connectivity index (χ1v) is 8.79. The molecule has 0 radical (unpaired) electrons. The number of hydrogen-bond donors (Lipinski definition) is 2. The Morgan fingerprint density at radius 1 is 1.05 bits per heavy atom. The fourth-order valence-corrected chi connectivity index (χ4v) is 1.88. The average molecular weight is 331 g/mol. The van der Waals surface area contributed by atoms with Crippen molar-refractivity contribution in [3.8, 4) is 0 Å². The number of nitrogens with two attached hydrogens (primary N) is 1. The van der Waals surface area contributed by atoms with Gasteiger partial charge in [0.2, 0.25) is 0 Å². The zero-order valence-corrected chi connectivity index (χ0v) is 16.5. The van der Waals surface area contributed by atoms with Gasteiger partial charge in [-0.05, 0) is 12.8 Å². The molecule has 1 unspecified atom stereocenters. The van der Waals surface area contributed by atoms with Gasteiger partial charge in [0.25, 0.3) is 0 Å². The minimum absolute atomic E-state index is 0. The van der Waals surface area contributed by atoms with Gasteiger partial charge < -0.3 is 20.2 Å². The van der Waals surface area contributed by atoms with Crippen LogP contribution >= 0.6 is 0 Å². The SMILES string of the molecule is CCCCCCCCCCCC(=O)[O-].NCCS(=O)O.[Na+]. The van der Waals surface area contributed by atoms with Gasteiger partial charge in [-0.3, -0.25) is 0 Å². The van der Waals surface area contributed by atoms with E-state index < -0.39 is 17.0 Å². The Morgan fingerprint density at radius 2 is 1.48 bits per heavy atom. The number of aliphatic carboxylic acids is 1. The van der Waals surface area contributed by atoms with E-state index in [9.17, 15) is 14.1 Å². The van der Waals surface area contributed by atoms with Crippen molar-refractivity contribution in [1.29, 1.82) is 0 Å². The quantitative estimate of drug-likeness (QED) is 0.266. The number of carbonyl (C=O) groups excluding carboxylic acids is 1. The second-order valence-electron chi connectivity index (χ2n) is 4.76. The number of carboxylic acids is 1. The van der Waals surface area contributed by atoms with Crippen LogP contribution in [0.2, 0.25) is 0 Å². The first kappa shape index (κ1) is 26.4. The van der Waals surface area contributed by atoms with E-state index in [1.165, 1.54) is 44.9 Å². The summed E-state index contributed by atoms with van der Waals surface area (Å²) in [5, 5.41) is 10.1. The first-order valence-electron chi connectivity index (χ1n) is 7.52. The normalized spacial score (nSPS) is 11.0. The van der Waals surface area contributed by atoms with E-state index in [1.54, 1.807) is 0 Å². The molecule has 0 spiro atoms. The fraction of sp³-hybridized carbons (Fsp3) is 0.929. The molecular formula is C14H30NNaO4S. The molecule has 21 heavy (non-hydrogen) atoms. The van der Waals surface area contributed by atoms with Crippen molar-refractivity contribution >= 4 is 17.0 Å². The first-order chi connectivity index (χ1) is 9.54. The summed E-state index contributed by atoms with van der Waals surface area (Å²) in [6.07, 6.45) is 11.2. The summed E-state index contributed by atoms with van der Waals surface area (Å²) in [6.45, 7) is 2.50. The van der Waals surface area contributed by atoms with Gasteiger partial charge in [0.1, 0.15) is 0 Å². The molecule has 0 saturated heterocycles. The van der Waals surface area contributed by atoms with Gasteiger partial charge in [-0.1, -0.05) is 58.3 Å². The van der Waals surface area contributed by atoms with Crippen LogP contribution in [0, 0.1) is 0 Å². The van der Waals surface area contributed by atoms with Crippen LogP contribution in [0.1, 0.15) is 71.1 Å². The van der Waals surface area contributed by atoms with Gasteiger partial charge in [0.05, 0.1) is 5.75 Å². The second-order valence-corrected chi connectivity index (χ2v) is 5.82. The maximum absolute atomic E-state index is 10.1. The van der Waals surface area contributed by atoms with E-state index in [1.807, 2.05) is 0 Å². The Kier molecular flexibility index (Phi) is 28.7. The third-order valence-corrected chi connectivity index (χ3v) is 3.36. The van der Waals surface area contributed by atoms with Crippen molar-refractivity contribution in [3.63, 3.8) is 0 Å². The average Bonchev–Trinajstić information content (AvgIpc) is 2.37. The topological polar surface area (TPSA) is 103 Å². The van der Waals surface area contributed by atoms with Gasteiger partial charge in [0.15, 0.2) is 11.1 Å². The van der Waals surface area contributed by atoms with Crippen molar-refractivity contribution in [2.24, 2.45) is 5.73 Å². The van der Waals surface area contributed by atoms with Crippen molar-refractivity contribution in [2.75, 3.05) is 12.3 Å². The molecule has 0 saturated carbocycles. The fourth-order valence-electron chi connectivity index (χ4n) is 1.68. The van der Waals surface area contributed by atoms with Crippen LogP contribution in [0.15, 0.2) is 0 Å². The van der Waals surface area contributed by atoms with E-state index in [-0.39, 0.29) is 48.3 Å². The van der Waals surface area contributed by atoms with Gasteiger partial charge >= 0.3 is 29.6 Å². The van der Waals surface area contributed by atoms with Crippen molar-refractivity contribution in [2.45, 2.75) is 71.1 Å². The third kappa shape index (κ3) is 33.4. The standard InChI is InChI=1S/C12H24O2.C2H7NO2S.Na/c1-2-3-4-5-6-7-8-9-10-11-12(13)14;3-1-2-6(4)5;/h2-11H2,1H3,(H,13,14);1-3H2,(H,4,5);/q;;+1/p-1. The molecule has 5 nitrogen and oxygen atoms in total. The molecule has 7 heteroatoms. The van der Waals surface area contributed by atoms with E-state index in [0.717, 1.165) is 12.8 Å². The molecule has 0 aromatic heterocycles. The molecule has 3 N–H and O–H groups in total. The smallest absolute Gasteiger partial charge is 0.550 e. The molecule has 0 aliphatic carbocycles. The summed E-state index contributed by atoms with van der Waals surface area (Å²) in [7, 11) is 0. The van der Waals surface area contributed by atoms with E-state index in [4.69, 9.17) is 10.3 Å². The van der Waals surface area contributed by atoms with Gasteiger partial charge in [-0.15, -0.1) is 0 Å². The van der Waals surface area contributed by atoms with Crippen LogP contribution in [-0.2, 0) is 15.9 Å². The number of unbranched alkanes of at least 4 members (excludes halogenated alkanes) is 8. The molecular weight excluding hydrogens is 301 g/mol. The minimum Gasteiger partial charge on any atom is -0.550 e. The summed E-state index contributed by atoms with van der Waals surface area (Å²) in [5.74, 6) is -0.729. The number of hydrogen-bond acceptors (Lipinski definition) is 4. The maximum atomic E-state index is 10.1. The number of carboxylic acid groups (broad SMARTS) is 1. The molecule has 0 heterocycles. The maximum Gasteiger partial charge on any atom is 1.00 e. The molecule has 0 aliphatic rings. The van der Waals surface area contributed by atoms with E-state index in [2.05, 4.69) is 6.92 Å². The molecule has 0 fully saturated rings. The molecule has 0 aromatic rings. The van der Waals surface area contributed by atoms with Crippen LogP contribution in [-0.4, -0.2) is 27.0 Å². The van der Waals surface area contributed by atoms with Crippen molar-refractivity contribution < 1.29 is 48.2 Å². The Balaban J connectivity index is -0.000000394. The summed E-state index contributed by atoms with van der Waals surface area (Å²) in [5.41, 5.74) is 4.88. The van der Waals surface area contributed by atoms with Gasteiger partial charge in [0, 0.05) is 12.5 Å². The largest absolute Gasteiger partial charge is 1.00 e. The molecule has 122 valence electrons. The monoisotopic (exact) mass is 331 g/mol. The molecule has 0 bridgehead atoms. The molecule has 0 aromatic carbocycles. The minimum atomic E-state index is -1.69. The molecule has 1 atom stereocenters. The molecule has 0 rings (SSSR count). The van der Waals surface area contributed by atoms with Crippen LogP contribution in [0.5, 0.6) is 0 Å². The predicted octanol–water partition coefficient (Wildman–Crippen LogP) is -1.17. The van der Waals surface area contributed by atoms with Crippen LogP contribution in [0.3, 0.4) is 0 Å². The Hall–Kier alpha value is 0.540. The summed E-state index contributed by atoms with van der Waals surface area (Å²) >= 11 is -1.69. The molecule has 0 aliphatic heterocycles. The van der Waals surface area contributed by atoms with E-state index >= 15 is 0 Å². The van der Waals surface area contributed by atoms with Crippen LogP contribution in [0.4, 0.5) is 0 Å². The second kappa shape index (κ2) is 22.8. The zero-order chi connectivity index (χ0) is 15.6. The third-order valence-electron chi connectivity index (χ3n) is 2.78. The number of rotatable bonds is 12. The van der Waals surface area contributed by atoms with Gasteiger partial charge in [-0.25, -0.2) is 4.21 Å².